The lowest BCUT2D eigenvalue weighted by molar-refractivity contribution is -0.123. The molecule has 0 unspecified atom stereocenters. The molecule has 0 aliphatic carbocycles. The Bertz CT molecular complexity index is 677. The maximum absolute atomic E-state index is 12.5. The van der Waals surface area contributed by atoms with Gasteiger partial charge in [-0.25, -0.2) is 0 Å². The summed E-state index contributed by atoms with van der Waals surface area (Å²) in [7, 11) is 0. The van der Waals surface area contributed by atoms with Crippen molar-refractivity contribution in [3.8, 4) is 0 Å². The molecule has 0 saturated carbocycles. The van der Waals surface area contributed by atoms with Crippen LogP contribution in [0.25, 0.3) is 0 Å². The summed E-state index contributed by atoms with van der Waals surface area (Å²) in [5.41, 5.74) is 0.761. The van der Waals surface area contributed by atoms with Crippen LogP contribution in [-0.2, 0) is 9.59 Å². The summed E-state index contributed by atoms with van der Waals surface area (Å²) in [6, 6.07) is 7.77. The number of benzene rings is 1. The molecule has 2 aliphatic heterocycles. The number of piperidine rings is 1. The molecule has 3 rings (SSSR count). The summed E-state index contributed by atoms with van der Waals surface area (Å²) >= 11 is 1.53. The third kappa shape index (κ3) is 4.41. The van der Waals surface area contributed by atoms with Crippen LogP contribution in [0.1, 0.15) is 33.6 Å². The second-order valence-electron chi connectivity index (χ2n) is 8.02. The normalized spacial score (nSPS) is 21.4. The molecular formula is C20H29N3O2S. The largest absolute Gasteiger partial charge is 0.353 e. The molecule has 0 aromatic heterocycles. The Kier molecular flexibility index (Phi) is 5.92. The molecule has 1 aromatic rings. The van der Waals surface area contributed by atoms with E-state index < -0.39 is 0 Å². The Balaban J connectivity index is 1.58. The van der Waals surface area contributed by atoms with E-state index in [1.54, 1.807) is 4.90 Å². The van der Waals surface area contributed by atoms with Gasteiger partial charge in [-0.15, -0.1) is 11.8 Å². The van der Waals surface area contributed by atoms with Gasteiger partial charge in [-0.3, -0.25) is 14.5 Å². The molecule has 1 fully saturated rings. The number of nitrogens with zero attached hydrogens (tertiary/aromatic N) is 2. The number of carbonyl (C=O) groups excluding carboxylic acids is 2. The SMILES string of the molecule is C[C@H]1CCCN(C(C)(C)CNC(=O)CN2C(=O)CSc3ccccc32)C1. The Morgan fingerprint density at radius 3 is 2.88 bits per heavy atom. The number of fused-ring (bicyclic) bond motifs is 1. The predicted octanol–water partition coefficient (Wildman–Crippen LogP) is 2.75. The van der Waals surface area contributed by atoms with Crippen LogP contribution in [0.2, 0.25) is 0 Å². The van der Waals surface area contributed by atoms with Crippen molar-refractivity contribution in [1.82, 2.24) is 10.2 Å². The van der Waals surface area contributed by atoms with Gasteiger partial charge >= 0.3 is 0 Å². The number of hydrogen-bond acceptors (Lipinski definition) is 4. The Morgan fingerprint density at radius 2 is 2.12 bits per heavy atom. The van der Waals surface area contributed by atoms with Gasteiger partial charge in [0.2, 0.25) is 11.8 Å². The number of carbonyl (C=O) groups is 2. The first-order valence-electron chi connectivity index (χ1n) is 9.41. The number of hydrogen-bond donors (Lipinski definition) is 1. The van der Waals surface area contributed by atoms with Crippen LogP contribution in [-0.4, -0.2) is 54.2 Å². The number of likely N-dealkylation sites (tertiary alicyclic amines) is 1. The Morgan fingerprint density at radius 1 is 1.35 bits per heavy atom. The molecule has 0 bridgehead atoms. The monoisotopic (exact) mass is 375 g/mol. The van der Waals surface area contributed by atoms with Crippen LogP contribution in [0, 0.1) is 5.92 Å². The van der Waals surface area contributed by atoms with Crippen LogP contribution in [0.3, 0.4) is 0 Å². The molecule has 1 saturated heterocycles. The lowest BCUT2D eigenvalue weighted by Crippen LogP contribution is -2.55. The van der Waals surface area contributed by atoms with Crippen molar-refractivity contribution in [3.05, 3.63) is 24.3 Å². The first-order valence-corrected chi connectivity index (χ1v) is 10.4. The quantitative estimate of drug-likeness (QED) is 0.860. The minimum Gasteiger partial charge on any atom is -0.353 e. The lowest BCUT2D eigenvalue weighted by atomic mass is 9.93. The molecule has 1 aromatic carbocycles. The van der Waals surface area contributed by atoms with Gasteiger partial charge in [0.1, 0.15) is 6.54 Å². The fourth-order valence-corrected chi connectivity index (χ4v) is 4.63. The molecule has 1 N–H and O–H groups in total. The highest BCUT2D eigenvalue weighted by Gasteiger charge is 2.31. The van der Waals surface area contributed by atoms with Crippen molar-refractivity contribution in [3.63, 3.8) is 0 Å². The molecule has 2 heterocycles. The molecule has 2 amide bonds. The third-order valence-corrected chi connectivity index (χ3v) is 6.39. The van der Waals surface area contributed by atoms with Gasteiger partial charge < -0.3 is 10.2 Å². The van der Waals surface area contributed by atoms with Crippen molar-refractivity contribution < 1.29 is 9.59 Å². The van der Waals surface area contributed by atoms with Crippen LogP contribution < -0.4 is 10.2 Å². The predicted molar refractivity (Wildman–Crippen MR) is 107 cm³/mol. The standard InChI is InChI=1S/C20H29N3O2S/c1-15-7-6-10-22(11-15)20(2,3)14-21-18(24)12-23-16-8-4-5-9-17(16)26-13-19(23)25/h4-5,8-9,15H,6-7,10-14H2,1-3H3,(H,21,24)/t15-/m0/s1. The minimum absolute atomic E-state index is 0.00651. The lowest BCUT2D eigenvalue weighted by Gasteiger charge is -2.43. The van der Waals surface area contributed by atoms with E-state index in [1.807, 2.05) is 24.3 Å². The van der Waals surface area contributed by atoms with E-state index >= 15 is 0 Å². The molecule has 0 spiro atoms. The first-order chi connectivity index (χ1) is 12.4. The second-order valence-corrected chi connectivity index (χ2v) is 9.04. The number of thioether (sulfide) groups is 1. The summed E-state index contributed by atoms with van der Waals surface area (Å²) in [6.45, 7) is 9.51. The second kappa shape index (κ2) is 8.01. The molecule has 26 heavy (non-hydrogen) atoms. The van der Waals surface area contributed by atoms with E-state index in [1.165, 1.54) is 24.6 Å². The molecular weight excluding hydrogens is 346 g/mol. The van der Waals surface area contributed by atoms with Crippen LogP contribution in [0.5, 0.6) is 0 Å². The summed E-state index contributed by atoms with van der Waals surface area (Å²) < 4.78 is 0. The van der Waals surface area contributed by atoms with Crippen molar-refractivity contribution in [2.45, 2.75) is 44.0 Å². The highest BCUT2D eigenvalue weighted by Crippen LogP contribution is 2.34. The Hall–Kier alpha value is -1.53. The maximum Gasteiger partial charge on any atom is 0.240 e. The zero-order valence-corrected chi connectivity index (χ0v) is 16.8. The highest BCUT2D eigenvalue weighted by molar-refractivity contribution is 8.00. The van der Waals surface area contributed by atoms with E-state index in [4.69, 9.17) is 0 Å². The third-order valence-electron chi connectivity index (χ3n) is 5.34. The highest BCUT2D eigenvalue weighted by atomic mass is 32.2. The Labute approximate surface area is 160 Å². The van der Waals surface area contributed by atoms with Crippen molar-refractivity contribution in [2.75, 3.05) is 36.8 Å². The number of rotatable bonds is 5. The fraction of sp³-hybridized carbons (Fsp3) is 0.600. The summed E-state index contributed by atoms with van der Waals surface area (Å²) in [5, 5.41) is 3.05. The average Bonchev–Trinajstić information content (AvgIpc) is 2.62. The summed E-state index contributed by atoms with van der Waals surface area (Å²) in [4.78, 5) is 30.0. The van der Waals surface area contributed by atoms with E-state index in [9.17, 15) is 9.59 Å². The zero-order valence-electron chi connectivity index (χ0n) is 16.0. The number of anilines is 1. The van der Waals surface area contributed by atoms with Gasteiger partial charge in [0.15, 0.2) is 0 Å². The van der Waals surface area contributed by atoms with Gasteiger partial charge in [0, 0.05) is 23.5 Å². The van der Waals surface area contributed by atoms with Crippen LogP contribution >= 0.6 is 11.8 Å². The van der Waals surface area contributed by atoms with Crippen LogP contribution in [0.4, 0.5) is 5.69 Å². The minimum atomic E-state index is -0.0989. The van der Waals surface area contributed by atoms with Gasteiger partial charge in [0.25, 0.3) is 0 Å². The number of amides is 2. The van der Waals surface area contributed by atoms with E-state index in [0.29, 0.717) is 18.2 Å². The van der Waals surface area contributed by atoms with Gasteiger partial charge in [-0.2, -0.15) is 0 Å². The van der Waals surface area contributed by atoms with Crippen LogP contribution in [0.15, 0.2) is 29.2 Å². The molecule has 5 nitrogen and oxygen atoms in total. The van der Waals surface area contributed by atoms with E-state index in [0.717, 1.165) is 23.7 Å². The van der Waals surface area contributed by atoms with Crippen molar-refractivity contribution in [1.29, 1.82) is 0 Å². The zero-order chi connectivity index (χ0) is 18.7. The number of para-hydroxylation sites is 1. The van der Waals surface area contributed by atoms with Crippen molar-refractivity contribution in [2.24, 2.45) is 5.92 Å². The smallest absolute Gasteiger partial charge is 0.240 e. The molecule has 1 atom stereocenters. The van der Waals surface area contributed by atoms with E-state index in [-0.39, 0.29) is 23.9 Å². The molecule has 0 radical (unpaired) electrons. The number of nitrogens with one attached hydrogen (secondary N) is 1. The van der Waals surface area contributed by atoms with E-state index in [2.05, 4.69) is 31.0 Å². The van der Waals surface area contributed by atoms with Gasteiger partial charge in [-0.1, -0.05) is 19.1 Å². The maximum atomic E-state index is 12.5. The van der Waals surface area contributed by atoms with Crippen molar-refractivity contribution >= 4 is 29.3 Å². The fourth-order valence-electron chi connectivity index (χ4n) is 3.69. The molecule has 142 valence electrons. The first kappa shape index (κ1) is 19.2. The summed E-state index contributed by atoms with van der Waals surface area (Å²) in [5.74, 6) is 0.992. The summed E-state index contributed by atoms with van der Waals surface area (Å²) in [6.07, 6.45) is 2.50. The van der Waals surface area contributed by atoms with Gasteiger partial charge in [-0.05, 0) is 51.3 Å². The topological polar surface area (TPSA) is 52.7 Å². The molecule has 6 heteroatoms. The average molecular weight is 376 g/mol. The van der Waals surface area contributed by atoms with Gasteiger partial charge in [0.05, 0.1) is 11.4 Å². The molecule has 2 aliphatic rings.